The van der Waals surface area contributed by atoms with Crippen molar-refractivity contribution in [3.05, 3.63) is 58.1 Å². The van der Waals surface area contributed by atoms with Gasteiger partial charge in [-0.05, 0) is 73.9 Å². The minimum atomic E-state index is -0.221. The highest BCUT2D eigenvalue weighted by Crippen LogP contribution is 2.27. The molecule has 2 amide bonds. The van der Waals surface area contributed by atoms with Crippen molar-refractivity contribution in [3.63, 3.8) is 0 Å². The molecule has 0 unspecified atom stereocenters. The fraction of sp³-hybridized carbons (Fsp3) is 0.375. The van der Waals surface area contributed by atoms with E-state index in [1.165, 1.54) is 19.3 Å². The molecule has 1 fully saturated rings. The predicted molar refractivity (Wildman–Crippen MR) is 136 cm³/mol. The molecule has 2 aromatic carbocycles. The fourth-order valence-corrected chi connectivity index (χ4v) is 4.27. The first-order valence-corrected chi connectivity index (χ1v) is 12.2. The largest absolute Gasteiger partial charge is 0.492 e. The van der Waals surface area contributed by atoms with Crippen LogP contribution in [0.5, 0.6) is 5.75 Å². The summed E-state index contributed by atoms with van der Waals surface area (Å²) < 4.78 is 5.57. The zero-order valence-corrected chi connectivity index (χ0v) is 20.5. The van der Waals surface area contributed by atoms with Crippen LogP contribution in [0, 0.1) is 0 Å². The SMILES string of the molecule is O=C(CCCOc1ccc(Cl)cc1Cl)NC(=S)Nc1ccc(C(=O)NC2CCCCC2)cc1. The number of nitrogens with one attached hydrogen (secondary N) is 3. The number of benzene rings is 2. The average Bonchev–Trinajstić information content (AvgIpc) is 2.79. The van der Waals surface area contributed by atoms with E-state index in [0.717, 1.165) is 12.8 Å². The Labute approximate surface area is 209 Å². The van der Waals surface area contributed by atoms with Crippen molar-refractivity contribution < 1.29 is 14.3 Å². The van der Waals surface area contributed by atoms with Crippen LogP contribution in [0.1, 0.15) is 55.3 Å². The van der Waals surface area contributed by atoms with Gasteiger partial charge in [-0.25, -0.2) is 0 Å². The number of rotatable bonds is 8. The number of anilines is 1. The molecule has 0 saturated heterocycles. The molecule has 0 atom stereocenters. The second kappa shape index (κ2) is 12.8. The molecule has 33 heavy (non-hydrogen) atoms. The normalized spacial score (nSPS) is 13.8. The van der Waals surface area contributed by atoms with Gasteiger partial charge in [-0.1, -0.05) is 42.5 Å². The smallest absolute Gasteiger partial charge is 0.251 e. The Morgan fingerprint density at radius 3 is 2.45 bits per heavy atom. The Morgan fingerprint density at radius 2 is 1.76 bits per heavy atom. The van der Waals surface area contributed by atoms with Gasteiger partial charge < -0.3 is 20.7 Å². The molecule has 1 saturated carbocycles. The third-order valence-electron chi connectivity index (χ3n) is 5.30. The summed E-state index contributed by atoms with van der Waals surface area (Å²) in [6, 6.07) is 12.2. The number of hydrogen-bond donors (Lipinski definition) is 3. The summed E-state index contributed by atoms with van der Waals surface area (Å²) in [5.41, 5.74) is 1.29. The van der Waals surface area contributed by atoms with Crippen molar-refractivity contribution in [1.82, 2.24) is 10.6 Å². The van der Waals surface area contributed by atoms with E-state index in [1.54, 1.807) is 42.5 Å². The topological polar surface area (TPSA) is 79.5 Å². The molecule has 0 spiro atoms. The van der Waals surface area contributed by atoms with Gasteiger partial charge in [0.2, 0.25) is 5.91 Å². The van der Waals surface area contributed by atoms with Crippen molar-refractivity contribution in [2.75, 3.05) is 11.9 Å². The van der Waals surface area contributed by atoms with Gasteiger partial charge in [-0.15, -0.1) is 0 Å². The Hall–Kier alpha value is -2.35. The number of amides is 2. The molecule has 9 heteroatoms. The van der Waals surface area contributed by atoms with Gasteiger partial charge in [0.25, 0.3) is 5.91 Å². The molecule has 0 aliphatic heterocycles. The first kappa shape index (κ1) is 25.3. The quantitative estimate of drug-likeness (QED) is 0.314. The van der Waals surface area contributed by atoms with Gasteiger partial charge in [0, 0.05) is 28.7 Å². The maximum Gasteiger partial charge on any atom is 0.251 e. The number of thiocarbonyl (C=S) groups is 1. The third kappa shape index (κ3) is 8.50. The van der Waals surface area contributed by atoms with Crippen LogP contribution >= 0.6 is 35.4 Å². The highest BCUT2D eigenvalue weighted by atomic mass is 35.5. The van der Waals surface area contributed by atoms with Crippen molar-refractivity contribution in [1.29, 1.82) is 0 Å². The standard InChI is InChI=1S/C24H27Cl2N3O3S/c25-17-10-13-21(20(26)15-17)32-14-4-7-22(30)29-24(33)28-19-11-8-16(9-12-19)23(31)27-18-5-2-1-3-6-18/h8-13,15,18H,1-7,14H2,(H,27,31)(H2,28,29,30,33). The molecule has 0 radical (unpaired) electrons. The summed E-state index contributed by atoms with van der Waals surface area (Å²) >= 11 is 17.1. The van der Waals surface area contributed by atoms with Gasteiger partial charge in [0.15, 0.2) is 5.11 Å². The molecule has 3 rings (SSSR count). The molecule has 0 heterocycles. The summed E-state index contributed by atoms with van der Waals surface area (Å²) in [7, 11) is 0. The van der Waals surface area contributed by atoms with E-state index in [4.69, 9.17) is 40.2 Å². The van der Waals surface area contributed by atoms with Crippen molar-refractivity contribution >= 4 is 58.0 Å². The van der Waals surface area contributed by atoms with Gasteiger partial charge in [0.1, 0.15) is 5.75 Å². The lowest BCUT2D eigenvalue weighted by molar-refractivity contribution is -0.119. The number of carbonyl (C=O) groups excluding carboxylic acids is 2. The summed E-state index contributed by atoms with van der Waals surface area (Å²) in [4.78, 5) is 24.5. The van der Waals surface area contributed by atoms with E-state index in [2.05, 4.69) is 16.0 Å². The van der Waals surface area contributed by atoms with Crippen molar-refractivity contribution in [2.24, 2.45) is 0 Å². The summed E-state index contributed by atoms with van der Waals surface area (Å²) in [6.07, 6.45) is 6.41. The van der Waals surface area contributed by atoms with Crippen LogP contribution < -0.4 is 20.7 Å². The second-order valence-electron chi connectivity index (χ2n) is 7.91. The molecule has 3 N–H and O–H groups in total. The fourth-order valence-electron chi connectivity index (χ4n) is 3.58. The maximum atomic E-state index is 12.4. The summed E-state index contributed by atoms with van der Waals surface area (Å²) in [5.74, 6) is 0.239. The molecule has 6 nitrogen and oxygen atoms in total. The monoisotopic (exact) mass is 507 g/mol. The second-order valence-corrected chi connectivity index (χ2v) is 9.17. The Bertz CT molecular complexity index is 979. The summed E-state index contributed by atoms with van der Waals surface area (Å²) in [5, 5.41) is 9.85. The Morgan fingerprint density at radius 1 is 1.03 bits per heavy atom. The zero-order chi connectivity index (χ0) is 23.6. The highest BCUT2D eigenvalue weighted by molar-refractivity contribution is 7.80. The molecular formula is C24H27Cl2N3O3S. The van der Waals surface area contributed by atoms with Crippen LogP contribution in [-0.4, -0.2) is 29.6 Å². The molecular weight excluding hydrogens is 481 g/mol. The first-order chi connectivity index (χ1) is 15.9. The van der Waals surface area contributed by atoms with Crippen LogP contribution in [0.3, 0.4) is 0 Å². The summed E-state index contributed by atoms with van der Waals surface area (Å²) in [6.45, 7) is 0.333. The minimum absolute atomic E-state index is 0.0635. The lowest BCUT2D eigenvalue weighted by Crippen LogP contribution is -2.36. The minimum Gasteiger partial charge on any atom is -0.492 e. The molecule has 176 valence electrons. The molecule has 0 aromatic heterocycles. The maximum absolute atomic E-state index is 12.4. The first-order valence-electron chi connectivity index (χ1n) is 11.0. The third-order valence-corrected chi connectivity index (χ3v) is 6.03. The Kier molecular flexibility index (Phi) is 9.78. The van der Waals surface area contributed by atoms with E-state index in [9.17, 15) is 9.59 Å². The van der Waals surface area contributed by atoms with Crippen molar-refractivity contribution in [2.45, 2.75) is 51.0 Å². The highest BCUT2D eigenvalue weighted by Gasteiger charge is 2.16. The number of carbonyl (C=O) groups is 2. The lowest BCUT2D eigenvalue weighted by Gasteiger charge is -2.22. The predicted octanol–water partition coefficient (Wildman–Crippen LogP) is 5.73. The van der Waals surface area contributed by atoms with Gasteiger partial charge in [-0.2, -0.15) is 0 Å². The number of hydrogen-bond acceptors (Lipinski definition) is 4. The lowest BCUT2D eigenvalue weighted by atomic mass is 9.95. The number of ether oxygens (including phenoxy) is 1. The van der Waals surface area contributed by atoms with E-state index in [-0.39, 0.29) is 29.4 Å². The van der Waals surface area contributed by atoms with Gasteiger partial charge in [0.05, 0.1) is 11.6 Å². The van der Waals surface area contributed by atoms with Gasteiger partial charge >= 0.3 is 0 Å². The number of halogens is 2. The van der Waals surface area contributed by atoms with Crippen LogP contribution in [0.2, 0.25) is 10.0 Å². The Balaban J connectivity index is 1.36. The van der Waals surface area contributed by atoms with Crippen LogP contribution in [0.15, 0.2) is 42.5 Å². The molecule has 2 aromatic rings. The van der Waals surface area contributed by atoms with Crippen LogP contribution in [0.25, 0.3) is 0 Å². The zero-order valence-electron chi connectivity index (χ0n) is 18.2. The van der Waals surface area contributed by atoms with Crippen LogP contribution in [-0.2, 0) is 4.79 Å². The molecule has 0 bridgehead atoms. The molecule has 1 aliphatic rings. The van der Waals surface area contributed by atoms with E-state index in [0.29, 0.717) is 40.1 Å². The van der Waals surface area contributed by atoms with E-state index in [1.807, 2.05) is 0 Å². The van der Waals surface area contributed by atoms with Gasteiger partial charge in [-0.3, -0.25) is 9.59 Å². The average molecular weight is 508 g/mol. The van der Waals surface area contributed by atoms with E-state index < -0.39 is 0 Å². The van der Waals surface area contributed by atoms with Crippen LogP contribution in [0.4, 0.5) is 5.69 Å². The molecule has 1 aliphatic carbocycles. The van der Waals surface area contributed by atoms with E-state index >= 15 is 0 Å². The van der Waals surface area contributed by atoms with Crippen molar-refractivity contribution in [3.8, 4) is 5.75 Å².